The minimum atomic E-state index is 0.0916. The van der Waals surface area contributed by atoms with Gasteiger partial charge in [-0.25, -0.2) is 9.97 Å². The van der Waals surface area contributed by atoms with Crippen molar-refractivity contribution in [1.29, 1.82) is 0 Å². The third-order valence-corrected chi connectivity index (χ3v) is 3.18. The molecule has 0 unspecified atom stereocenters. The molecule has 1 aromatic rings. The number of aryl methyl sites for hydroxylation is 1. The van der Waals surface area contributed by atoms with Crippen LogP contribution >= 0.6 is 0 Å². The van der Waals surface area contributed by atoms with Crippen LogP contribution in [-0.2, 0) is 5.41 Å². The van der Waals surface area contributed by atoms with Gasteiger partial charge in [0.15, 0.2) is 0 Å². The van der Waals surface area contributed by atoms with Crippen LogP contribution in [0, 0.1) is 6.92 Å². The molecule has 0 atom stereocenters. The maximum absolute atomic E-state index is 5.81. The molecule has 0 radical (unpaired) electrons. The fourth-order valence-corrected chi connectivity index (χ4v) is 2.03. The van der Waals surface area contributed by atoms with Gasteiger partial charge >= 0.3 is 0 Å². The molecule has 2 rings (SSSR count). The van der Waals surface area contributed by atoms with Crippen LogP contribution in [0.5, 0.6) is 0 Å². The van der Waals surface area contributed by atoms with Crippen molar-refractivity contribution < 1.29 is 0 Å². The molecule has 2 N–H and O–H groups in total. The average Bonchev–Trinajstić information content (AvgIpc) is 2.10. The van der Waals surface area contributed by atoms with Crippen LogP contribution < -0.4 is 5.73 Å². The number of hydrogen-bond acceptors (Lipinski definition) is 3. The fourth-order valence-electron chi connectivity index (χ4n) is 2.03. The third kappa shape index (κ3) is 2.24. The highest BCUT2D eigenvalue weighted by atomic mass is 14.9. The van der Waals surface area contributed by atoms with Crippen molar-refractivity contribution in [3.63, 3.8) is 0 Å². The predicted molar refractivity (Wildman–Crippen MR) is 65.4 cm³/mol. The van der Waals surface area contributed by atoms with E-state index in [1.54, 1.807) is 0 Å². The van der Waals surface area contributed by atoms with Gasteiger partial charge < -0.3 is 5.73 Å². The molecule has 16 heavy (non-hydrogen) atoms. The second-order valence-electron chi connectivity index (χ2n) is 5.93. The van der Waals surface area contributed by atoms with Gasteiger partial charge in [-0.2, -0.15) is 0 Å². The lowest BCUT2D eigenvalue weighted by atomic mass is 9.80. The minimum Gasteiger partial charge on any atom is -0.328 e. The van der Waals surface area contributed by atoms with Crippen LogP contribution in [0.3, 0.4) is 0 Å². The van der Waals surface area contributed by atoms with Crippen molar-refractivity contribution in [2.24, 2.45) is 5.73 Å². The molecule has 88 valence electrons. The Hall–Kier alpha value is -0.960. The van der Waals surface area contributed by atoms with Gasteiger partial charge in [0.25, 0.3) is 0 Å². The van der Waals surface area contributed by atoms with Gasteiger partial charge in [0, 0.05) is 28.8 Å². The van der Waals surface area contributed by atoms with E-state index >= 15 is 0 Å². The molecule has 1 heterocycles. The molecule has 0 bridgehead atoms. The molecule has 0 aliphatic heterocycles. The summed E-state index contributed by atoms with van der Waals surface area (Å²) < 4.78 is 0. The maximum Gasteiger partial charge on any atom is 0.132 e. The van der Waals surface area contributed by atoms with Crippen molar-refractivity contribution in [3.05, 3.63) is 23.3 Å². The summed E-state index contributed by atoms with van der Waals surface area (Å²) in [6.07, 6.45) is 2.07. The van der Waals surface area contributed by atoms with Gasteiger partial charge in [0.2, 0.25) is 0 Å². The molecule has 3 heteroatoms. The third-order valence-electron chi connectivity index (χ3n) is 3.18. The summed E-state index contributed by atoms with van der Waals surface area (Å²) >= 11 is 0. The molecular formula is C13H21N3. The van der Waals surface area contributed by atoms with Gasteiger partial charge in [-0.1, -0.05) is 20.8 Å². The number of rotatable bonds is 1. The average molecular weight is 219 g/mol. The SMILES string of the molecule is Cc1cc(C(C)(C)C)nc(C2CC(N)C2)n1. The lowest BCUT2D eigenvalue weighted by Crippen LogP contribution is -2.36. The zero-order valence-electron chi connectivity index (χ0n) is 10.6. The van der Waals surface area contributed by atoms with E-state index in [0.717, 1.165) is 30.1 Å². The Kier molecular flexibility index (Phi) is 2.74. The molecule has 3 nitrogen and oxygen atoms in total. The van der Waals surface area contributed by atoms with E-state index in [2.05, 4.69) is 31.8 Å². The van der Waals surface area contributed by atoms with E-state index in [0.29, 0.717) is 12.0 Å². The summed E-state index contributed by atoms with van der Waals surface area (Å²) in [5, 5.41) is 0. The molecule has 0 amide bonds. The zero-order valence-corrected chi connectivity index (χ0v) is 10.6. The van der Waals surface area contributed by atoms with Gasteiger partial charge in [-0.3, -0.25) is 0 Å². The first kappa shape index (κ1) is 11.5. The van der Waals surface area contributed by atoms with Crippen molar-refractivity contribution >= 4 is 0 Å². The molecule has 1 aliphatic rings. The van der Waals surface area contributed by atoms with Crippen LogP contribution in [0.4, 0.5) is 0 Å². The normalized spacial score (nSPS) is 25.3. The molecule has 1 aliphatic carbocycles. The molecule has 1 saturated carbocycles. The molecule has 0 spiro atoms. The zero-order chi connectivity index (χ0) is 11.9. The van der Waals surface area contributed by atoms with Crippen molar-refractivity contribution in [3.8, 4) is 0 Å². The molecule has 1 fully saturated rings. The molecule has 0 aromatic carbocycles. The van der Waals surface area contributed by atoms with Crippen LogP contribution in [-0.4, -0.2) is 16.0 Å². The van der Waals surface area contributed by atoms with Crippen molar-refractivity contribution in [2.75, 3.05) is 0 Å². The topological polar surface area (TPSA) is 51.8 Å². The summed E-state index contributed by atoms with van der Waals surface area (Å²) in [6.45, 7) is 8.60. The first-order valence-corrected chi connectivity index (χ1v) is 5.98. The van der Waals surface area contributed by atoms with Crippen LogP contribution in [0.1, 0.15) is 56.7 Å². The molecule has 0 saturated heterocycles. The van der Waals surface area contributed by atoms with Crippen molar-refractivity contribution in [2.45, 2.75) is 57.9 Å². The number of nitrogens with two attached hydrogens (primary N) is 1. The lowest BCUT2D eigenvalue weighted by molar-refractivity contribution is 0.335. The Labute approximate surface area is 97.5 Å². The smallest absolute Gasteiger partial charge is 0.132 e. The van der Waals surface area contributed by atoms with Gasteiger partial charge in [0.05, 0.1) is 0 Å². The highest BCUT2D eigenvalue weighted by Crippen LogP contribution is 2.34. The Bertz CT molecular complexity index is 387. The van der Waals surface area contributed by atoms with Crippen LogP contribution in [0.15, 0.2) is 6.07 Å². The summed E-state index contributed by atoms with van der Waals surface area (Å²) in [6, 6.07) is 2.44. The standard InChI is InChI=1S/C13H21N3/c1-8-5-11(13(2,3)4)16-12(15-8)9-6-10(14)7-9/h5,9-10H,6-7,14H2,1-4H3. The maximum atomic E-state index is 5.81. The summed E-state index contributed by atoms with van der Waals surface area (Å²) in [5.41, 5.74) is 8.10. The molecular weight excluding hydrogens is 198 g/mol. The summed E-state index contributed by atoms with van der Waals surface area (Å²) in [5.74, 6) is 1.47. The summed E-state index contributed by atoms with van der Waals surface area (Å²) in [4.78, 5) is 9.23. The van der Waals surface area contributed by atoms with Gasteiger partial charge in [-0.15, -0.1) is 0 Å². The van der Waals surface area contributed by atoms with Crippen LogP contribution in [0.2, 0.25) is 0 Å². The van der Waals surface area contributed by atoms with E-state index in [9.17, 15) is 0 Å². The second kappa shape index (κ2) is 3.81. The lowest BCUT2D eigenvalue weighted by Gasteiger charge is -2.32. The number of nitrogens with zero attached hydrogens (tertiary/aromatic N) is 2. The highest BCUT2D eigenvalue weighted by Gasteiger charge is 2.30. The van der Waals surface area contributed by atoms with E-state index < -0.39 is 0 Å². The van der Waals surface area contributed by atoms with Gasteiger partial charge in [0.1, 0.15) is 5.82 Å². The Morgan fingerprint density at radius 3 is 2.38 bits per heavy atom. The first-order chi connectivity index (χ1) is 7.36. The number of aromatic nitrogens is 2. The Morgan fingerprint density at radius 2 is 1.88 bits per heavy atom. The van der Waals surface area contributed by atoms with E-state index in [-0.39, 0.29) is 5.41 Å². The van der Waals surface area contributed by atoms with E-state index in [1.165, 1.54) is 0 Å². The second-order valence-corrected chi connectivity index (χ2v) is 5.93. The fraction of sp³-hybridized carbons (Fsp3) is 0.692. The van der Waals surface area contributed by atoms with Crippen molar-refractivity contribution in [1.82, 2.24) is 9.97 Å². The Balaban J connectivity index is 2.30. The number of hydrogen-bond donors (Lipinski definition) is 1. The largest absolute Gasteiger partial charge is 0.328 e. The van der Waals surface area contributed by atoms with Crippen LogP contribution in [0.25, 0.3) is 0 Å². The summed E-state index contributed by atoms with van der Waals surface area (Å²) in [7, 11) is 0. The Morgan fingerprint density at radius 1 is 1.25 bits per heavy atom. The minimum absolute atomic E-state index is 0.0916. The quantitative estimate of drug-likeness (QED) is 0.788. The monoisotopic (exact) mass is 219 g/mol. The van der Waals surface area contributed by atoms with Gasteiger partial charge in [-0.05, 0) is 25.8 Å². The highest BCUT2D eigenvalue weighted by molar-refractivity contribution is 5.20. The van der Waals surface area contributed by atoms with E-state index in [4.69, 9.17) is 10.7 Å². The van der Waals surface area contributed by atoms with E-state index in [1.807, 2.05) is 6.92 Å². The molecule has 1 aromatic heterocycles. The first-order valence-electron chi connectivity index (χ1n) is 5.98. The predicted octanol–water partition coefficient (Wildman–Crippen LogP) is 2.29.